The molecule has 1 amide bonds. The maximum absolute atomic E-state index is 12.8. The molecule has 1 aliphatic rings. The molecule has 2 atom stereocenters. The summed E-state index contributed by atoms with van der Waals surface area (Å²) >= 11 is 0. The lowest BCUT2D eigenvalue weighted by atomic mass is 10.0. The predicted octanol–water partition coefficient (Wildman–Crippen LogP) is 2.99. The number of aromatic nitrogens is 1. The molecule has 1 aliphatic heterocycles. The molecule has 2 unspecified atom stereocenters. The van der Waals surface area contributed by atoms with Crippen molar-refractivity contribution >= 4 is 17.3 Å². The molecule has 0 radical (unpaired) electrons. The first-order chi connectivity index (χ1) is 13.5. The van der Waals surface area contributed by atoms with Gasteiger partial charge in [-0.2, -0.15) is 0 Å². The van der Waals surface area contributed by atoms with Gasteiger partial charge in [0.2, 0.25) is 0 Å². The number of nitro groups is 1. The molecular formula is C20H25N5O3. The van der Waals surface area contributed by atoms with E-state index in [1.165, 1.54) is 6.07 Å². The molecule has 1 fully saturated rings. The largest absolute Gasteiger partial charge is 0.371 e. The molecule has 28 heavy (non-hydrogen) atoms. The van der Waals surface area contributed by atoms with E-state index in [4.69, 9.17) is 0 Å². The van der Waals surface area contributed by atoms with Gasteiger partial charge in [-0.1, -0.05) is 6.07 Å². The maximum atomic E-state index is 12.8. The second-order valence-corrected chi connectivity index (χ2v) is 6.99. The number of anilines is 1. The van der Waals surface area contributed by atoms with E-state index in [1.54, 1.807) is 23.2 Å². The number of carbonyl (C=O) groups excluding carboxylic acids is 1. The van der Waals surface area contributed by atoms with Crippen LogP contribution in [0.3, 0.4) is 0 Å². The van der Waals surface area contributed by atoms with Crippen LogP contribution in [0.1, 0.15) is 41.9 Å². The van der Waals surface area contributed by atoms with Gasteiger partial charge in [0, 0.05) is 37.0 Å². The van der Waals surface area contributed by atoms with Crippen molar-refractivity contribution < 1.29 is 9.72 Å². The average molecular weight is 383 g/mol. The van der Waals surface area contributed by atoms with Crippen LogP contribution in [0, 0.1) is 10.1 Å². The molecule has 0 saturated carbocycles. The smallest absolute Gasteiger partial charge is 0.293 e. The first kappa shape index (κ1) is 19.8. The SMILES string of the molecule is CNC1CCCN(C(=O)c2ccc(NC(C)c3ccccn3)c([N+](=O)[O-])c2)C1. The highest BCUT2D eigenvalue weighted by molar-refractivity contribution is 5.95. The van der Waals surface area contributed by atoms with Crippen molar-refractivity contribution in [2.75, 3.05) is 25.5 Å². The number of nitrogens with zero attached hydrogens (tertiary/aromatic N) is 3. The fraction of sp³-hybridized carbons (Fsp3) is 0.400. The number of benzene rings is 1. The van der Waals surface area contributed by atoms with Crippen molar-refractivity contribution in [1.29, 1.82) is 0 Å². The van der Waals surface area contributed by atoms with Crippen LogP contribution in [0.2, 0.25) is 0 Å². The molecule has 1 aromatic heterocycles. The standard InChI is InChI=1S/C20H25N5O3/c1-14(17-7-3-4-10-22-17)23-18-9-8-15(12-19(18)25(27)28)20(26)24-11-5-6-16(13-24)21-2/h3-4,7-10,12,14,16,21,23H,5-6,11,13H2,1-2H3. The number of nitrogens with one attached hydrogen (secondary N) is 2. The Morgan fingerprint density at radius 3 is 2.86 bits per heavy atom. The number of rotatable bonds is 6. The van der Waals surface area contributed by atoms with E-state index < -0.39 is 4.92 Å². The second-order valence-electron chi connectivity index (χ2n) is 6.99. The summed E-state index contributed by atoms with van der Waals surface area (Å²) in [6, 6.07) is 10.2. The highest BCUT2D eigenvalue weighted by Gasteiger charge is 2.26. The Morgan fingerprint density at radius 2 is 2.18 bits per heavy atom. The lowest BCUT2D eigenvalue weighted by Gasteiger charge is -2.32. The van der Waals surface area contributed by atoms with Gasteiger partial charge in [0.15, 0.2) is 0 Å². The number of hydrogen-bond acceptors (Lipinski definition) is 6. The molecule has 8 heteroatoms. The number of amides is 1. The molecule has 2 N–H and O–H groups in total. The quantitative estimate of drug-likeness (QED) is 0.587. The Hall–Kier alpha value is -3.00. The Balaban J connectivity index is 1.81. The van der Waals surface area contributed by atoms with Crippen molar-refractivity contribution in [2.24, 2.45) is 0 Å². The number of likely N-dealkylation sites (tertiary alicyclic amines) is 1. The molecule has 3 rings (SSSR count). The van der Waals surface area contributed by atoms with Crippen LogP contribution in [0.5, 0.6) is 0 Å². The summed E-state index contributed by atoms with van der Waals surface area (Å²) in [5, 5.41) is 17.9. The Kier molecular flexibility index (Phi) is 6.20. The van der Waals surface area contributed by atoms with Crippen LogP contribution in [0.4, 0.5) is 11.4 Å². The normalized spacial score (nSPS) is 17.8. The van der Waals surface area contributed by atoms with Crippen LogP contribution < -0.4 is 10.6 Å². The van der Waals surface area contributed by atoms with E-state index in [2.05, 4.69) is 15.6 Å². The van der Waals surface area contributed by atoms with Crippen molar-refractivity contribution in [3.8, 4) is 0 Å². The first-order valence-electron chi connectivity index (χ1n) is 9.42. The topological polar surface area (TPSA) is 100 Å². The number of nitro benzene ring substituents is 1. The third-order valence-corrected chi connectivity index (χ3v) is 5.06. The number of hydrogen-bond donors (Lipinski definition) is 2. The highest BCUT2D eigenvalue weighted by atomic mass is 16.6. The van der Waals surface area contributed by atoms with Gasteiger partial charge in [-0.05, 0) is 51.1 Å². The van der Waals surface area contributed by atoms with E-state index in [-0.39, 0.29) is 23.7 Å². The zero-order chi connectivity index (χ0) is 20.1. The van der Waals surface area contributed by atoms with Gasteiger partial charge in [-0.25, -0.2) is 0 Å². The molecule has 0 bridgehead atoms. The number of piperidine rings is 1. The van der Waals surface area contributed by atoms with Crippen LogP contribution >= 0.6 is 0 Å². The summed E-state index contributed by atoms with van der Waals surface area (Å²) in [5.74, 6) is -0.174. The molecule has 0 aliphatic carbocycles. The number of carbonyl (C=O) groups is 1. The molecule has 1 aromatic carbocycles. The van der Waals surface area contributed by atoms with E-state index in [0.29, 0.717) is 24.3 Å². The van der Waals surface area contributed by atoms with Gasteiger partial charge in [-0.15, -0.1) is 0 Å². The summed E-state index contributed by atoms with van der Waals surface area (Å²) in [6.45, 7) is 3.16. The molecular weight excluding hydrogens is 358 g/mol. The minimum atomic E-state index is -0.461. The zero-order valence-electron chi connectivity index (χ0n) is 16.1. The van der Waals surface area contributed by atoms with Gasteiger partial charge in [-0.3, -0.25) is 19.9 Å². The fourth-order valence-corrected chi connectivity index (χ4v) is 3.46. The summed E-state index contributed by atoms with van der Waals surface area (Å²) in [7, 11) is 1.88. The maximum Gasteiger partial charge on any atom is 0.293 e. The van der Waals surface area contributed by atoms with E-state index in [9.17, 15) is 14.9 Å². The van der Waals surface area contributed by atoms with E-state index >= 15 is 0 Å². The third kappa shape index (κ3) is 4.45. The van der Waals surface area contributed by atoms with Crippen LogP contribution in [-0.2, 0) is 0 Å². The van der Waals surface area contributed by atoms with Crippen LogP contribution in [-0.4, -0.2) is 46.9 Å². The molecule has 8 nitrogen and oxygen atoms in total. The lowest BCUT2D eigenvalue weighted by Crippen LogP contribution is -2.46. The summed E-state index contributed by atoms with van der Waals surface area (Å²) < 4.78 is 0. The van der Waals surface area contributed by atoms with Crippen LogP contribution in [0.25, 0.3) is 0 Å². The molecule has 2 aromatic rings. The third-order valence-electron chi connectivity index (χ3n) is 5.06. The lowest BCUT2D eigenvalue weighted by molar-refractivity contribution is -0.384. The molecule has 1 saturated heterocycles. The van der Waals surface area contributed by atoms with E-state index in [1.807, 2.05) is 32.2 Å². The Labute approximate surface area is 164 Å². The molecule has 2 heterocycles. The zero-order valence-corrected chi connectivity index (χ0v) is 16.1. The van der Waals surface area contributed by atoms with Crippen molar-refractivity contribution in [2.45, 2.75) is 31.8 Å². The number of pyridine rings is 1. The minimum absolute atomic E-state index is 0.115. The van der Waals surface area contributed by atoms with Gasteiger partial charge in [0.1, 0.15) is 5.69 Å². The number of likely N-dealkylation sites (N-methyl/N-ethyl adjacent to an activating group) is 1. The van der Waals surface area contributed by atoms with Gasteiger partial charge in [0.25, 0.3) is 11.6 Å². The predicted molar refractivity (Wildman–Crippen MR) is 107 cm³/mol. The summed E-state index contributed by atoms with van der Waals surface area (Å²) in [5.41, 5.74) is 1.37. The average Bonchev–Trinajstić information content (AvgIpc) is 2.74. The molecule has 148 valence electrons. The van der Waals surface area contributed by atoms with Gasteiger partial charge >= 0.3 is 0 Å². The van der Waals surface area contributed by atoms with Crippen molar-refractivity contribution in [3.63, 3.8) is 0 Å². The Morgan fingerprint density at radius 1 is 1.36 bits per heavy atom. The fourth-order valence-electron chi connectivity index (χ4n) is 3.46. The summed E-state index contributed by atoms with van der Waals surface area (Å²) in [4.78, 5) is 30.0. The molecule has 0 spiro atoms. The highest BCUT2D eigenvalue weighted by Crippen LogP contribution is 2.29. The van der Waals surface area contributed by atoms with Crippen molar-refractivity contribution in [3.05, 3.63) is 64.0 Å². The minimum Gasteiger partial charge on any atom is -0.371 e. The second kappa shape index (κ2) is 8.79. The van der Waals surface area contributed by atoms with Gasteiger partial charge < -0.3 is 15.5 Å². The Bertz CT molecular complexity index is 843. The first-order valence-corrected chi connectivity index (χ1v) is 9.42. The van der Waals surface area contributed by atoms with Crippen LogP contribution in [0.15, 0.2) is 42.6 Å². The van der Waals surface area contributed by atoms with Gasteiger partial charge in [0.05, 0.1) is 16.7 Å². The van der Waals surface area contributed by atoms with Crippen molar-refractivity contribution in [1.82, 2.24) is 15.2 Å². The summed E-state index contributed by atoms with van der Waals surface area (Å²) in [6.07, 6.45) is 3.62. The monoisotopic (exact) mass is 383 g/mol. The van der Waals surface area contributed by atoms with E-state index in [0.717, 1.165) is 18.5 Å².